The van der Waals surface area contributed by atoms with Gasteiger partial charge in [-0.05, 0) is 49.8 Å². The predicted octanol–water partition coefficient (Wildman–Crippen LogP) is 3.91. The number of hydrogen-bond donors (Lipinski definition) is 2. The van der Waals surface area contributed by atoms with E-state index in [4.69, 9.17) is 4.74 Å². The van der Waals surface area contributed by atoms with Gasteiger partial charge in [-0.1, -0.05) is 36.4 Å². The van der Waals surface area contributed by atoms with Gasteiger partial charge in [-0.15, -0.1) is 0 Å². The number of nitrogens with zero attached hydrogens (tertiary/aromatic N) is 1. The highest BCUT2D eigenvalue weighted by Gasteiger charge is 2.35. The maximum atomic E-state index is 13.6. The molecule has 1 saturated heterocycles. The Labute approximate surface area is 204 Å². The number of nitrogens with one attached hydrogen (secondary N) is 2. The van der Waals surface area contributed by atoms with E-state index >= 15 is 0 Å². The second kappa shape index (κ2) is 8.98. The maximum Gasteiger partial charge on any atom is 0.265 e. The minimum Gasteiger partial charge on any atom is -0.479 e. The second-order valence-corrected chi connectivity index (χ2v) is 11.0. The van der Waals surface area contributed by atoms with Crippen LogP contribution in [0.3, 0.4) is 0 Å². The van der Waals surface area contributed by atoms with Crippen LogP contribution in [0.25, 0.3) is 10.8 Å². The molecule has 0 spiro atoms. The Kier molecular flexibility index (Phi) is 5.98. The standard InChI is InChI=1S/C26H27N3O5S/c1-16-13-22-23(34-17(2)25(30)28-22)14-24(16)35(32,33)29-12-6-9-19(15-29)26(31)27-21-11-5-8-18-7-3-4-10-20(18)21/h3-5,7-8,10-11,13-14,17,19H,6,9,12,15H2,1-2H3,(H,27,31)(H,28,30)/t17-,19+/m1/s1. The van der Waals surface area contributed by atoms with Crippen LogP contribution in [0, 0.1) is 12.8 Å². The molecule has 2 N–H and O–H groups in total. The molecule has 2 atom stereocenters. The number of carbonyl (C=O) groups is 2. The smallest absolute Gasteiger partial charge is 0.265 e. The molecule has 0 bridgehead atoms. The Morgan fingerprint density at radius 1 is 1.14 bits per heavy atom. The summed E-state index contributed by atoms with van der Waals surface area (Å²) in [6, 6.07) is 16.6. The molecule has 0 aromatic heterocycles. The lowest BCUT2D eigenvalue weighted by atomic mass is 9.98. The number of amides is 2. The van der Waals surface area contributed by atoms with Crippen molar-refractivity contribution in [3.63, 3.8) is 0 Å². The van der Waals surface area contributed by atoms with Crippen molar-refractivity contribution in [3.8, 4) is 5.75 Å². The molecule has 182 valence electrons. The number of aryl methyl sites for hydroxylation is 1. The molecule has 9 heteroatoms. The fourth-order valence-electron chi connectivity index (χ4n) is 4.70. The van der Waals surface area contributed by atoms with Gasteiger partial charge in [-0.3, -0.25) is 9.59 Å². The number of anilines is 2. The SMILES string of the molecule is Cc1cc2c(cc1S(=O)(=O)N1CCC[C@H](C(=O)Nc3cccc4ccccc34)C1)O[C@H](C)C(=O)N2. The molecule has 0 unspecified atom stereocenters. The van der Waals surface area contributed by atoms with Crippen LogP contribution in [0.2, 0.25) is 0 Å². The number of hydrogen-bond acceptors (Lipinski definition) is 5. The van der Waals surface area contributed by atoms with Crippen LogP contribution < -0.4 is 15.4 Å². The van der Waals surface area contributed by atoms with Crippen molar-refractivity contribution in [2.75, 3.05) is 23.7 Å². The topological polar surface area (TPSA) is 105 Å². The second-order valence-electron chi connectivity index (χ2n) is 9.08. The Hall–Kier alpha value is -3.43. The lowest BCUT2D eigenvalue weighted by Crippen LogP contribution is -2.44. The van der Waals surface area contributed by atoms with Crippen molar-refractivity contribution < 1.29 is 22.7 Å². The molecule has 2 aliphatic rings. The Morgan fingerprint density at radius 3 is 2.74 bits per heavy atom. The van der Waals surface area contributed by atoms with Crippen molar-refractivity contribution in [2.45, 2.75) is 37.7 Å². The van der Waals surface area contributed by atoms with E-state index in [9.17, 15) is 18.0 Å². The van der Waals surface area contributed by atoms with E-state index in [-0.39, 0.29) is 23.3 Å². The monoisotopic (exact) mass is 493 g/mol. The summed E-state index contributed by atoms with van der Waals surface area (Å²) in [6.07, 6.45) is 0.483. The van der Waals surface area contributed by atoms with E-state index in [0.717, 1.165) is 10.8 Å². The molecule has 0 saturated carbocycles. The van der Waals surface area contributed by atoms with Gasteiger partial charge in [0.25, 0.3) is 5.91 Å². The van der Waals surface area contributed by atoms with Crippen molar-refractivity contribution in [3.05, 3.63) is 60.2 Å². The predicted molar refractivity (Wildman–Crippen MR) is 134 cm³/mol. The molecule has 1 fully saturated rings. The Balaban J connectivity index is 1.37. The van der Waals surface area contributed by atoms with Gasteiger partial charge in [0.05, 0.1) is 16.5 Å². The third kappa shape index (κ3) is 4.37. The normalized spacial score (nSPS) is 20.6. The molecule has 35 heavy (non-hydrogen) atoms. The summed E-state index contributed by atoms with van der Waals surface area (Å²) >= 11 is 0. The fourth-order valence-corrected chi connectivity index (χ4v) is 6.45. The molecule has 5 rings (SSSR count). The molecular weight excluding hydrogens is 466 g/mol. The van der Waals surface area contributed by atoms with Gasteiger partial charge in [0.2, 0.25) is 15.9 Å². The average Bonchev–Trinajstić information content (AvgIpc) is 2.85. The number of rotatable bonds is 4. The number of sulfonamides is 1. The van der Waals surface area contributed by atoms with Gasteiger partial charge in [-0.2, -0.15) is 4.31 Å². The third-order valence-corrected chi connectivity index (χ3v) is 8.64. The van der Waals surface area contributed by atoms with Crippen LogP contribution in [-0.2, 0) is 19.6 Å². The first kappa shape index (κ1) is 23.3. The summed E-state index contributed by atoms with van der Waals surface area (Å²) in [6.45, 7) is 3.73. The van der Waals surface area contributed by atoms with Gasteiger partial charge in [-0.25, -0.2) is 8.42 Å². The van der Waals surface area contributed by atoms with Crippen LogP contribution in [0.15, 0.2) is 59.5 Å². The summed E-state index contributed by atoms with van der Waals surface area (Å²) in [5.41, 5.74) is 1.67. The van der Waals surface area contributed by atoms with E-state index in [1.54, 1.807) is 19.9 Å². The van der Waals surface area contributed by atoms with E-state index in [0.29, 0.717) is 42.1 Å². The lowest BCUT2D eigenvalue weighted by Gasteiger charge is -2.32. The zero-order chi connectivity index (χ0) is 24.7. The van der Waals surface area contributed by atoms with Crippen LogP contribution >= 0.6 is 0 Å². The molecule has 2 amide bonds. The minimum atomic E-state index is -3.87. The molecular formula is C26H27N3O5S. The maximum absolute atomic E-state index is 13.6. The zero-order valence-corrected chi connectivity index (χ0v) is 20.4. The summed E-state index contributed by atoms with van der Waals surface area (Å²) < 4.78 is 34.2. The number of fused-ring (bicyclic) bond motifs is 2. The molecule has 2 heterocycles. The lowest BCUT2D eigenvalue weighted by molar-refractivity contribution is -0.123. The van der Waals surface area contributed by atoms with Crippen molar-refractivity contribution in [1.82, 2.24) is 4.31 Å². The zero-order valence-electron chi connectivity index (χ0n) is 19.6. The molecule has 2 aliphatic heterocycles. The highest BCUT2D eigenvalue weighted by atomic mass is 32.2. The van der Waals surface area contributed by atoms with Gasteiger partial charge in [0.1, 0.15) is 5.75 Å². The number of piperidine rings is 1. The molecule has 0 radical (unpaired) electrons. The largest absolute Gasteiger partial charge is 0.479 e. The molecule has 3 aromatic carbocycles. The number of ether oxygens (including phenoxy) is 1. The Bertz CT molecular complexity index is 1430. The van der Waals surface area contributed by atoms with E-state index in [2.05, 4.69) is 10.6 Å². The minimum absolute atomic E-state index is 0.101. The molecule has 3 aromatic rings. The first-order valence-corrected chi connectivity index (χ1v) is 13.1. The summed E-state index contributed by atoms with van der Waals surface area (Å²) in [5, 5.41) is 7.71. The van der Waals surface area contributed by atoms with E-state index < -0.39 is 22.0 Å². The van der Waals surface area contributed by atoms with Crippen molar-refractivity contribution in [1.29, 1.82) is 0 Å². The van der Waals surface area contributed by atoms with Crippen LogP contribution in [0.1, 0.15) is 25.3 Å². The highest BCUT2D eigenvalue weighted by molar-refractivity contribution is 7.89. The average molecular weight is 494 g/mol. The van der Waals surface area contributed by atoms with Crippen LogP contribution in [0.4, 0.5) is 11.4 Å². The summed E-state index contributed by atoms with van der Waals surface area (Å²) in [4.78, 5) is 25.2. The fraction of sp³-hybridized carbons (Fsp3) is 0.308. The van der Waals surface area contributed by atoms with Crippen LogP contribution in [-0.4, -0.2) is 43.7 Å². The number of carbonyl (C=O) groups excluding carboxylic acids is 2. The highest BCUT2D eigenvalue weighted by Crippen LogP contribution is 2.36. The Morgan fingerprint density at radius 2 is 1.91 bits per heavy atom. The van der Waals surface area contributed by atoms with Gasteiger partial charge >= 0.3 is 0 Å². The first-order valence-electron chi connectivity index (χ1n) is 11.6. The van der Waals surface area contributed by atoms with Crippen molar-refractivity contribution >= 4 is 44.0 Å². The van der Waals surface area contributed by atoms with Gasteiger partial charge < -0.3 is 15.4 Å². The third-order valence-electron chi connectivity index (χ3n) is 6.63. The van der Waals surface area contributed by atoms with Crippen molar-refractivity contribution in [2.24, 2.45) is 5.92 Å². The summed E-state index contributed by atoms with van der Waals surface area (Å²) in [7, 11) is -3.87. The molecule has 8 nitrogen and oxygen atoms in total. The van der Waals surface area contributed by atoms with Gasteiger partial charge in [0.15, 0.2) is 6.10 Å². The van der Waals surface area contributed by atoms with E-state index in [1.807, 2.05) is 42.5 Å². The number of benzene rings is 3. The first-order chi connectivity index (χ1) is 16.7. The van der Waals surface area contributed by atoms with Crippen LogP contribution in [0.5, 0.6) is 5.75 Å². The van der Waals surface area contributed by atoms with E-state index in [1.165, 1.54) is 10.4 Å². The molecule has 0 aliphatic carbocycles. The quantitative estimate of drug-likeness (QED) is 0.574. The summed E-state index contributed by atoms with van der Waals surface area (Å²) in [5.74, 6) is -0.610. The van der Waals surface area contributed by atoms with Gasteiger partial charge in [0, 0.05) is 30.2 Å².